The van der Waals surface area contributed by atoms with E-state index in [-0.39, 0.29) is 11.5 Å². The lowest BCUT2D eigenvalue weighted by atomic mass is 9.83. The average molecular weight is 421 g/mol. The molecule has 3 heterocycles. The summed E-state index contributed by atoms with van der Waals surface area (Å²) < 4.78 is 6.38. The zero-order valence-electron chi connectivity index (χ0n) is 17.9. The summed E-state index contributed by atoms with van der Waals surface area (Å²) >= 11 is 0. The van der Waals surface area contributed by atoms with Crippen LogP contribution in [0.2, 0.25) is 0 Å². The third kappa shape index (κ3) is 4.05. The van der Waals surface area contributed by atoms with Crippen molar-refractivity contribution in [2.75, 3.05) is 26.2 Å². The highest BCUT2D eigenvalue weighted by atomic mass is 16.5. The van der Waals surface area contributed by atoms with Crippen LogP contribution in [0.5, 0.6) is 5.75 Å². The first-order valence-electron chi connectivity index (χ1n) is 10.7. The molecule has 2 N–H and O–H groups in total. The number of amides is 1. The summed E-state index contributed by atoms with van der Waals surface area (Å²) in [6, 6.07) is 8.58. The van der Waals surface area contributed by atoms with Crippen molar-refractivity contribution in [1.82, 2.24) is 15.2 Å². The molecular weight excluding hydrogens is 394 g/mol. The number of rotatable bonds is 5. The number of benzene rings is 1. The molecule has 31 heavy (non-hydrogen) atoms. The molecule has 1 amide bonds. The number of nitrogens with zero attached hydrogens (tertiary/aromatic N) is 2. The summed E-state index contributed by atoms with van der Waals surface area (Å²) in [7, 11) is 0. The number of ether oxygens (including phenoxy) is 1. The van der Waals surface area contributed by atoms with Gasteiger partial charge in [0.25, 0.3) is 5.91 Å². The molecule has 0 atom stereocenters. The zero-order chi connectivity index (χ0) is 22.0. The molecule has 1 aromatic heterocycles. The fraction of sp³-hybridized carbons (Fsp3) is 0.375. The molecule has 1 fully saturated rings. The number of carboxylic acid groups (broad SMARTS) is 1. The molecular formula is C24H27N3O4. The van der Waals surface area contributed by atoms with Crippen molar-refractivity contribution in [1.29, 1.82) is 0 Å². The van der Waals surface area contributed by atoms with E-state index in [1.54, 1.807) is 35.4 Å². The lowest BCUT2D eigenvalue weighted by Crippen LogP contribution is -2.46. The molecule has 162 valence electrons. The van der Waals surface area contributed by atoms with E-state index < -0.39 is 11.6 Å². The van der Waals surface area contributed by atoms with Gasteiger partial charge in [-0.05, 0) is 62.9 Å². The lowest BCUT2D eigenvalue weighted by Gasteiger charge is -2.40. The number of carbonyl (C=O) groups excluding carboxylic acids is 1. The number of aromatic carboxylic acids is 1. The predicted molar refractivity (Wildman–Crippen MR) is 117 cm³/mol. The third-order valence-electron chi connectivity index (χ3n) is 6.03. The van der Waals surface area contributed by atoms with Crippen molar-refractivity contribution in [2.24, 2.45) is 0 Å². The van der Waals surface area contributed by atoms with E-state index in [1.165, 1.54) is 0 Å². The van der Waals surface area contributed by atoms with Gasteiger partial charge in [-0.2, -0.15) is 0 Å². The Morgan fingerprint density at radius 3 is 2.52 bits per heavy atom. The van der Waals surface area contributed by atoms with Crippen LogP contribution >= 0.6 is 0 Å². The number of fused-ring (bicyclic) bond motifs is 1. The summed E-state index contributed by atoms with van der Waals surface area (Å²) in [5.74, 6) is -0.406. The average Bonchev–Trinajstić information content (AvgIpc) is 2.79. The summed E-state index contributed by atoms with van der Waals surface area (Å²) in [5, 5.41) is 12.8. The summed E-state index contributed by atoms with van der Waals surface area (Å²) in [6.45, 7) is 6.84. The molecule has 0 bridgehead atoms. The van der Waals surface area contributed by atoms with Crippen LogP contribution in [0.25, 0.3) is 5.57 Å². The molecule has 2 aromatic rings. The van der Waals surface area contributed by atoms with Gasteiger partial charge in [0, 0.05) is 43.3 Å². The van der Waals surface area contributed by atoms with Crippen molar-refractivity contribution in [3.05, 3.63) is 65.0 Å². The van der Waals surface area contributed by atoms with Gasteiger partial charge in [-0.3, -0.25) is 9.78 Å². The number of nitrogens with one attached hydrogen (secondary N) is 1. The van der Waals surface area contributed by atoms with E-state index in [0.29, 0.717) is 24.5 Å². The Morgan fingerprint density at radius 1 is 1.16 bits per heavy atom. The first-order chi connectivity index (χ1) is 15.0. The molecule has 1 spiro atoms. The first kappa shape index (κ1) is 21.1. The molecule has 1 aromatic carbocycles. The van der Waals surface area contributed by atoms with Crippen molar-refractivity contribution in [3.8, 4) is 5.75 Å². The lowest BCUT2D eigenvalue weighted by molar-refractivity contribution is 0.0694. The second-order valence-corrected chi connectivity index (χ2v) is 7.90. The molecule has 1 saturated heterocycles. The van der Waals surface area contributed by atoms with E-state index in [0.717, 1.165) is 42.6 Å². The number of piperidine rings is 1. The quantitative estimate of drug-likeness (QED) is 0.770. The zero-order valence-corrected chi connectivity index (χ0v) is 17.9. The number of pyridine rings is 1. The summed E-state index contributed by atoms with van der Waals surface area (Å²) in [5.41, 5.74) is 2.62. The van der Waals surface area contributed by atoms with Crippen LogP contribution < -0.4 is 10.1 Å². The molecule has 0 aliphatic carbocycles. The third-order valence-corrected chi connectivity index (χ3v) is 6.03. The topological polar surface area (TPSA) is 91.8 Å². The van der Waals surface area contributed by atoms with E-state index in [4.69, 9.17) is 4.74 Å². The van der Waals surface area contributed by atoms with Gasteiger partial charge in [0.1, 0.15) is 17.0 Å². The molecule has 7 heteroatoms. The largest absolute Gasteiger partial charge is 0.482 e. The Bertz CT molecular complexity index is 1020. The van der Waals surface area contributed by atoms with Crippen molar-refractivity contribution in [2.45, 2.75) is 32.3 Å². The van der Waals surface area contributed by atoms with Gasteiger partial charge in [-0.15, -0.1) is 0 Å². The van der Waals surface area contributed by atoms with Crippen molar-refractivity contribution in [3.63, 3.8) is 0 Å². The normalized spacial score (nSPS) is 16.8. The van der Waals surface area contributed by atoms with Crippen molar-refractivity contribution >= 4 is 17.4 Å². The van der Waals surface area contributed by atoms with Crippen LogP contribution in [-0.2, 0) is 0 Å². The maximum absolute atomic E-state index is 12.6. The highest BCUT2D eigenvalue weighted by Gasteiger charge is 2.37. The SMILES string of the molecule is CCN(CC)C(=O)c1ccc(C2=CC3(CCNCC3)Oc3ccc(C(=O)O)cc32)cn1. The highest BCUT2D eigenvalue weighted by molar-refractivity contribution is 5.94. The standard InChI is InChI=1S/C24H27N3O4/c1-3-27(4-2)22(28)20-7-5-17(15-26-20)19-14-24(9-11-25-12-10-24)31-21-8-6-16(23(29)30)13-18(19)21/h5-8,13-15,25H,3-4,9-12H2,1-2H3,(H,29,30). The summed E-state index contributed by atoms with van der Waals surface area (Å²) in [6.07, 6.45) is 5.44. The molecule has 7 nitrogen and oxygen atoms in total. The molecule has 4 rings (SSSR count). The van der Waals surface area contributed by atoms with Crippen LogP contribution in [0.3, 0.4) is 0 Å². The van der Waals surface area contributed by atoms with Crippen LogP contribution in [0.4, 0.5) is 0 Å². The maximum Gasteiger partial charge on any atom is 0.335 e. The maximum atomic E-state index is 12.6. The minimum Gasteiger partial charge on any atom is -0.482 e. The molecule has 2 aliphatic rings. The van der Waals surface area contributed by atoms with Gasteiger partial charge < -0.3 is 20.1 Å². The van der Waals surface area contributed by atoms with E-state index in [2.05, 4.69) is 16.4 Å². The Labute approximate surface area is 181 Å². The van der Waals surface area contributed by atoms with E-state index >= 15 is 0 Å². The predicted octanol–water partition coefficient (Wildman–Crippen LogP) is 3.21. The Morgan fingerprint density at radius 2 is 1.90 bits per heavy atom. The smallest absolute Gasteiger partial charge is 0.335 e. The number of carbonyl (C=O) groups is 2. The number of aromatic nitrogens is 1. The Balaban J connectivity index is 1.76. The van der Waals surface area contributed by atoms with Gasteiger partial charge in [0.15, 0.2) is 0 Å². The van der Waals surface area contributed by atoms with Crippen LogP contribution in [0, 0.1) is 0 Å². The van der Waals surface area contributed by atoms with E-state index in [1.807, 2.05) is 19.9 Å². The summed E-state index contributed by atoms with van der Waals surface area (Å²) in [4.78, 5) is 30.3. The second kappa shape index (κ2) is 8.51. The van der Waals surface area contributed by atoms with Gasteiger partial charge in [0.2, 0.25) is 0 Å². The molecule has 0 radical (unpaired) electrons. The fourth-order valence-electron chi connectivity index (χ4n) is 4.24. The highest BCUT2D eigenvalue weighted by Crippen LogP contribution is 2.42. The Hall–Kier alpha value is -3.19. The second-order valence-electron chi connectivity index (χ2n) is 7.90. The van der Waals surface area contributed by atoms with Crippen LogP contribution in [0.1, 0.15) is 58.7 Å². The van der Waals surface area contributed by atoms with E-state index in [9.17, 15) is 14.7 Å². The number of hydrogen-bond acceptors (Lipinski definition) is 5. The van der Waals surface area contributed by atoms with Gasteiger partial charge in [0.05, 0.1) is 5.56 Å². The Kier molecular flexibility index (Phi) is 5.78. The molecule has 2 aliphatic heterocycles. The number of carboxylic acids is 1. The fourth-order valence-corrected chi connectivity index (χ4v) is 4.24. The van der Waals surface area contributed by atoms with Crippen LogP contribution in [-0.4, -0.2) is 58.6 Å². The molecule has 0 unspecified atom stereocenters. The minimum atomic E-state index is -0.984. The van der Waals surface area contributed by atoms with Gasteiger partial charge in [-0.1, -0.05) is 6.07 Å². The minimum absolute atomic E-state index is 0.0964. The van der Waals surface area contributed by atoms with Gasteiger partial charge >= 0.3 is 5.97 Å². The number of hydrogen-bond donors (Lipinski definition) is 2. The monoisotopic (exact) mass is 421 g/mol. The van der Waals surface area contributed by atoms with Gasteiger partial charge in [-0.25, -0.2) is 4.79 Å². The first-order valence-corrected chi connectivity index (χ1v) is 10.7. The molecule has 0 saturated carbocycles. The van der Waals surface area contributed by atoms with Crippen LogP contribution in [0.15, 0.2) is 42.6 Å². The van der Waals surface area contributed by atoms with Crippen molar-refractivity contribution < 1.29 is 19.4 Å².